The minimum Gasteiger partial charge on any atom is -0.462 e. The number of ether oxygens (including phenoxy) is 4. The molecule has 0 saturated heterocycles. The van der Waals surface area contributed by atoms with Gasteiger partial charge in [-0.05, 0) is 37.5 Å². The van der Waals surface area contributed by atoms with Gasteiger partial charge in [0.2, 0.25) is 0 Å². The van der Waals surface area contributed by atoms with Gasteiger partial charge < -0.3 is 33.8 Å². The molecule has 0 aliphatic heterocycles. The Kier molecular flexibility index (Phi) is 78.8. The fourth-order valence-corrected chi connectivity index (χ4v) is 15.5. The van der Waals surface area contributed by atoms with Gasteiger partial charge in [-0.1, -0.05) is 427 Å². The summed E-state index contributed by atoms with van der Waals surface area (Å²) in [4.78, 5) is 73.4. The summed E-state index contributed by atoms with van der Waals surface area (Å²) in [5.74, 6) is -0.535. The number of unbranched alkanes of at least 4 members (excludes halogenated alkanes) is 57. The summed E-state index contributed by atoms with van der Waals surface area (Å²) in [6.45, 7) is 9.71. The van der Waals surface area contributed by atoms with Crippen molar-refractivity contribution in [1.82, 2.24) is 0 Å². The Morgan fingerprint density at radius 2 is 0.472 bits per heavy atom. The molecule has 0 fully saturated rings. The molecular formula is C89H174O17P2. The summed E-state index contributed by atoms with van der Waals surface area (Å²) in [6.07, 6.45) is 73.6. The molecule has 19 heteroatoms. The predicted octanol–water partition coefficient (Wildman–Crippen LogP) is 27.4. The molecule has 108 heavy (non-hydrogen) atoms. The van der Waals surface area contributed by atoms with Crippen molar-refractivity contribution in [3.05, 3.63) is 0 Å². The predicted molar refractivity (Wildman–Crippen MR) is 446 cm³/mol. The van der Waals surface area contributed by atoms with Crippen LogP contribution < -0.4 is 0 Å². The molecule has 0 saturated carbocycles. The third-order valence-corrected chi connectivity index (χ3v) is 23.2. The minimum absolute atomic E-state index is 0.107. The van der Waals surface area contributed by atoms with E-state index in [9.17, 15) is 43.2 Å². The number of phosphoric ester groups is 2. The SMILES string of the molecule is CCCCCCCCCCCCCCCCCCCCCCCC(=O)O[C@H](COC(=O)CCCCCCCCCCCCCCCCCCCCC)COP(=O)(O)OC[C@@H](O)COP(=O)(O)OC[C@@H](COC(=O)CCCCCCCCCCC(C)CC)OC(=O)CCCCCCCCCCCCCCCC(C)C. The van der Waals surface area contributed by atoms with Crippen LogP contribution in [0.15, 0.2) is 0 Å². The normalized spacial score (nSPS) is 14.0. The number of aliphatic hydroxyl groups excluding tert-OH is 1. The second kappa shape index (κ2) is 80.3. The summed E-state index contributed by atoms with van der Waals surface area (Å²) in [7, 11) is -9.93. The van der Waals surface area contributed by atoms with E-state index in [1.165, 1.54) is 295 Å². The molecule has 0 bridgehead atoms. The van der Waals surface area contributed by atoms with Gasteiger partial charge in [-0.2, -0.15) is 0 Å². The molecule has 3 N–H and O–H groups in total. The molecule has 0 aliphatic carbocycles. The molecule has 3 unspecified atom stereocenters. The molecule has 0 amide bonds. The van der Waals surface area contributed by atoms with Gasteiger partial charge in [0.05, 0.1) is 26.4 Å². The van der Waals surface area contributed by atoms with Crippen molar-refractivity contribution in [2.24, 2.45) is 11.8 Å². The second-order valence-electron chi connectivity index (χ2n) is 32.7. The number of rotatable bonds is 88. The number of esters is 4. The van der Waals surface area contributed by atoms with Crippen molar-refractivity contribution >= 4 is 39.5 Å². The van der Waals surface area contributed by atoms with Crippen LogP contribution in [0.2, 0.25) is 0 Å². The van der Waals surface area contributed by atoms with Crippen molar-refractivity contribution in [3.8, 4) is 0 Å². The molecule has 0 radical (unpaired) electrons. The van der Waals surface area contributed by atoms with Gasteiger partial charge in [-0.15, -0.1) is 0 Å². The van der Waals surface area contributed by atoms with Crippen LogP contribution in [-0.4, -0.2) is 96.7 Å². The fourth-order valence-electron chi connectivity index (χ4n) is 13.9. The molecule has 17 nitrogen and oxygen atoms in total. The summed E-state index contributed by atoms with van der Waals surface area (Å²) in [5, 5.41) is 10.7. The highest BCUT2D eigenvalue weighted by molar-refractivity contribution is 7.47. The molecule has 642 valence electrons. The van der Waals surface area contributed by atoms with E-state index in [2.05, 4.69) is 41.5 Å². The Morgan fingerprint density at radius 1 is 0.269 bits per heavy atom. The van der Waals surface area contributed by atoms with E-state index >= 15 is 0 Å². The van der Waals surface area contributed by atoms with Crippen molar-refractivity contribution < 1.29 is 80.2 Å². The van der Waals surface area contributed by atoms with E-state index < -0.39 is 97.5 Å². The number of carbonyl (C=O) groups is 4. The Balaban J connectivity index is 5.25. The molecular weight excluding hydrogens is 1400 g/mol. The van der Waals surface area contributed by atoms with Gasteiger partial charge in [0.25, 0.3) is 0 Å². The van der Waals surface area contributed by atoms with E-state index in [0.29, 0.717) is 25.7 Å². The first-order chi connectivity index (χ1) is 52.4. The Morgan fingerprint density at radius 3 is 0.704 bits per heavy atom. The van der Waals surface area contributed by atoms with Gasteiger partial charge in [0, 0.05) is 25.7 Å². The first-order valence-corrected chi connectivity index (χ1v) is 49.0. The lowest BCUT2D eigenvalue weighted by Gasteiger charge is -2.21. The van der Waals surface area contributed by atoms with Crippen LogP contribution in [0.25, 0.3) is 0 Å². The van der Waals surface area contributed by atoms with Crippen LogP contribution in [0.1, 0.15) is 478 Å². The Bertz CT molecular complexity index is 2070. The van der Waals surface area contributed by atoms with Gasteiger partial charge in [-0.25, -0.2) is 9.13 Å². The number of hydrogen-bond acceptors (Lipinski definition) is 15. The van der Waals surface area contributed by atoms with Crippen LogP contribution >= 0.6 is 15.6 Å². The second-order valence-corrected chi connectivity index (χ2v) is 35.6. The fraction of sp³-hybridized carbons (Fsp3) is 0.955. The van der Waals surface area contributed by atoms with Crippen LogP contribution in [0.4, 0.5) is 0 Å². The zero-order valence-electron chi connectivity index (χ0n) is 71.2. The van der Waals surface area contributed by atoms with Crippen LogP contribution in [-0.2, 0) is 65.4 Å². The minimum atomic E-state index is -4.97. The van der Waals surface area contributed by atoms with E-state index in [1.54, 1.807) is 0 Å². The van der Waals surface area contributed by atoms with Gasteiger partial charge in [0.15, 0.2) is 12.2 Å². The molecule has 0 aromatic carbocycles. The summed E-state index contributed by atoms with van der Waals surface area (Å²) in [6, 6.07) is 0. The van der Waals surface area contributed by atoms with E-state index in [0.717, 1.165) is 102 Å². The maximum Gasteiger partial charge on any atom is 0.472 e. The zero-order valence-corrected chi connectivity index (χ0v) is 73.0. The average Bonchev–Trinajstić information content (AvgIpc) is 0.900. The molecule has 0 heterocycles. The monoisotopic (exact) mass is 1580 g/mol. The quantitative estimate of drug-likeness (QED) is 0.0222. The maximum atomic E-state index is 13.2. The van der Waals surface area contributed by atoms with E-state index in [4.69, 9.17) is 37.0 Å². The largest absolute Gasteiger partial charge is 0.472 e. The van der Waals surface area contributed by atoms with Crippen molar-refractivity contribution in [2.75, 3.05) is 39.6 Å². The summed E-state index contributed by atoms with van der Waals surface area (Å²) in [5.41, 5.74) is 0. The highest BCUT2D eigenvalue weighted by Gasteiger charge is 2.31. The number of hydrogen-bond donors (Lipinski definition) is 3. The van der Waals surface area contributed by atoms with Crippen LogP contribution in [0.3, 0.4) is 0 Å². The van der Waals surface area contributed by atoms with Crippen molar-refractivity contribution in [2.45, 2.75) is 496 Å². The highest BCUT2D eigenvalue weighted by Crippen LogP contribution is 2.45. The number of carbonyl (C=O) groups excluding carboxylic acids is 4. The maximum absolute atomic E-state index is 13.2. The molecule has 6 atom stereocenters. The van der Waals surface area contributed by atoms with E-state index in [1.807, 2.05) is 0 Å². The third kappa shape index (κ3) is 80.7. The Hall–Kier alpha value is -1.94. The lowest BCUT2D eigenvalue weighted by atomic mass is 9.99. The third-order valence-electron chi connectivity index (χ3n) is 21.3. The topological polar surface area (TPSA) is 237 Å². The highest BCUT2D eigenvalue weighted by atomic mass is 31.2. The summed E-state index contributed by atoms with van der Waals surface area (Å²) < 4.78 is 69.0. The molecule has 0 aromatic heterocycles. The molecule has 0 rings (SSSR count). The lowest BCUT2D eigenvalue weighted by molar-refractivity contribution is -0.161. The van der Waals surface area contributed by atoms with Crippen LogP contribution in [0, 0.1) is 11.8 Å². The lowest BCUT2D eigenvalue weighted by Crippen LogP contribution is -2.30. The van der Waals surface area contributed by atoms with Crippen molar-refractivity contribution in [1.29, 1.82) is 0 Å². The molecule has 0 aliphatic rings. The van der Waals surface area contributed by atoms with E-state index in [-0.39, 0.29) is 25.7 Å². The van der Waals surface area contributed by atoms with Crippen LogP contribution in [0.5, 0.6) is 0 Å². The zero-order chi connectivity index (χ0) is 79.2. The molecule has 0 spiro atoms. The standard InChI is InChI=1S/C89H174O17P2/c1-7-10-12-14-16-18-20-22-24-26-28-29-31-33-35-39-43-47-55-61-67-73-88(93)105-84(77-99-86(91)71-65-59-53-46-42-38-34-32-30-27-25-23-21-19-17-15-13-11-8-2)79-103-107(95,96)101-75-83(90)76-102-108(97,98)104-80-85(78-100-87(92)72-66-60-54-50-49-52-58-64-70-82(6)9-3)106-89(94)74-68-62-56-48-44-40-36-37-41-45-51-57-63-69-81(4)5/h81-85,90H,7-80H2,1-6H3,(H,95,96)(H,97,98)/t82?,83-,84-,85-/m1/s1. The average molecular weight is 1580 g/mol. The number of aliphatic hydroxyl groups is 1. The smallest absolute Gasteiger partial charge is 0.462 e. The summed E-state index contributed by atoms with van der Waals surface area (Å²) >= 11 is 0. The van der Waals surface area contributed by atoms with Gasteiger partial charge in [0.1, 0.15) is 19.3 Å². The first-order valence-electron chi connectivity index (χ1n) is 46.0. The molecule has 0 aromatic rings. The first kappa shape index (κ1) is 106. The van der Waals surface area contributed by atoms with Gasteiger partial charge in [-0.3, -0.25) is 37.3 Å². The van der Waals surface area contributed by atoms with Gasteiger partial charge >= 0.3 is 39.5 Å². The Labute approximate surface area is 664 Å². The van der Waals surface area contributed by atoms with Crippen molar-refractivity contribution in [3.63, 3.8) is 0 Å². The number of phosphoric acid groups is 2.